The van der Waals surface area contributed by atoms with Crippen LogP contribution in [-0.4, -0.2) is 87.4 Å². The lowest BCUT2D eigenvalue weighted by molar-refractivity contribution is -0.870. The molecule has 2 atom stereocenters. The molecule has 0 rings (SSSR count). The number of carboxylic acid groups (broad SMARTS) is 1. The summed E-state index contributed by atoms with van der Waals surface area (Å²) in [5, 5.41) is 9.76. The molecule has 0 fully saturated rings. The Morgan fingerprint density at radius 3 is 0.945 bits per heavy atom. The lowest BCUT2D eigenvalue weighted by Crippen LogP contribution is -2.40. The van der Waals surface area contributed by atoms with Crippen LogP contribution in [0.4, 0.5) is 0 Å². The number of nitrogens with zero attached hydrogens (tertiary/aromatic N) is 1. The molecule has 0 saturated carbocycles. The Kier molecular flexibility index (Phi) is 69.9. The number of unbranched alkanes of at least 4 members (excludes halogenated alkanes) is 46. The largest absolute Gasteiger partial charge is 0.477 e. The molecule has 0 aromatic heterocycles. The van der Waals surface area contributed by atoms with Gasteiger partial charge in [-0.25, -0.2) is 4.79 Å². The molecule has 0 aliphatic heterocycles. The highest BCUT2D eigenvalue weighted by atomic mass is 16.7. The van der Waals surface area contributed by atoms with Gasteiger partial charge in [0.05, 0.1) is 34.4 Å². The number of ether oxygens (including phenoxy) is 4. The molecule has 0 radical (unpaired) electrons. The fraction of sp³-hybridized carbons (Fsp3) is 0.817. The van der Waals surface area contributed by atoms with Gasteiger partial charge in [0.25, 0.3) is 6.29 Å². The van der Waals surface area contributed by atoms with E-state index in [4.69, 9.17) is 18.9 Å². The van der Waals surface area contributed by atoms with Crippen molar-refractivity contribution in [3.8, 4) is 0 Å². The maximum Gasteiger partial charge on any atom is 0.361 e. The van der Waals surface area contributed by atoms with Crippen molar-refractivity contribution in [1.82, 2.24) is 0 Å². The van der Waals surface area contributed by atoms with Crippen molar-refractivity contribution in [2.45, 2.75) is 386 Å². The SMILES string of the molecule is CC/C=C\C/C=C\C/C=C\C/C=C\C/C=C\CCCCCCCCCCCCCC(=O)OC(COC(=O)CCCCCCCCCCCCCCCCCCCCCCCCCCCCC/C=C\CCCCCCCCCC)COC(OCC[N+](C)(C)C)C(=O)O. The van der Waals surface area contributed by atoms with Crippen LogP contribution in [0.1, 0.15) is 373 Å². The molecular formula is C82H150NO8+. The minimum atomic E-state index is -1.51. The maximum atomic E-state index is 13.0. The predicted octanol–water partition coefficient (Wildman–Crippen LogP) is 24.8. The number of aliphatic carboxylic acids is 1. The summed E-state index contributed by atoms with van der Waals surface area (Å²) in [6.45, 7) is 4.81. The van der Waals surface area contributed by atoms with Crippen LogP contribution in [0.25, 0.3) is 0 Å². The molecule has 0 aliphatic rings. The molecule has 0 bridgehead atoms. The zero-order valence-corrected chi connectivity index (χ0v) is 60.8. The van der Waals surface area contributed by atoms with Crippen molar-refractivity contribution in [3.63, 3.8) is 0 Å². The van der Waals surface area contributed by atoms with Gasteiger partial charge in [-0.1, -0.05) is 350 Å². The number of likely N-dealkylation sites (N-methyl/N-ethyl adjacent to an activating group) is 1. The fourth-order valence-electron chi connectivity index (χ4n) is 11.5. The van der Waals surface area contributed by atoms with Crippen LogP contribution < -0.4 is 0 Å². The number of esters is 2. The summed E-state index contributed by atoms with van der Waals surface area (Å²) in [6, 6.07) is 0. The number of carbonyl (C=O) groups is 3. The fourth-order valence-corrected chi connectivity index (χ4v) is 11.5. The van der Waals surface area contributed by atoms with E-state index in [1.165, 1.54) is 270 Å². The summed E-state index contributed by atoms with van der Waals surface area (Å²) in [5.41, 5.74) is 0. The van der Waals surface area contributed by atoms with E-state index in [0.717, 1.165) is 77.0 Å². The van der Waals surface area contributed by atoms with E-state index in [9.17, 15) is 19.5 Å². The van der Waals surface area contributed by atoms with Gasteiger partial charge in [0, 0.05) is 12.8 Å². The highest BCUT2D eigenvalue weighted by Gasteiger charge is 2.25. The summed E-state index contributed by atoms with van der Waals surface area (Å²) < 4.78 is 23.0. The van der Waals surface area contributed by atoms with Crippen molar-refractivity contribution >= 4 is 17.9 Å². The molecule has 0 aromatic rings. The number of hydrogen-bond acceptors (Lipinski definition) is 7. The van der Waals surface area contributed by atoms with Gasteiger partial charge in [0.1, 0.15) is 13.2 Å². The second kappa shape index (κ2) is 72.6. The minimum Gasteiger partial charge on any atom is -0.477 e. The first-order valence-corrected chi connectivity index (χ1v) is 39.1. The Labute approximate surface area is 564 Å². The van der Waals surface area contributed by atoms with Gasteiger partial charge in [-0.2, -0.15) is 0 Å². The number of rotatable bonds is 73. The van der Waals surface area contributed by atoms with Crippen LogP contribution >= 0.6 is 0 Å². The van der Waals surface area contributed by atoms with Crippen molar-refractivity contribution < 1.29 is 42.9 Å². The van der Waals surface area contributed by atoms with E-state index in [0.29, 0.717) is 17.4 Å². The summed E-state index contributed by atoms with van der Waals surface area (Å²) in [6.07, 6.45) is 94.9. The molecule has 9 heteroatoms. The quantitative estimate of drug-likeness (QED) is 0.0211. The second-order valence-electron chi connectivity index (χ2n) is 27.6. The van der Waals surface area contributed by atoms with Gasteiger partial charge in [-0.05, 0) is 83.5 Å². The Morgan fingerprint density at radius 2 is 0.626 bits per heavy atom. The van der Waals surface area contributed by atoms with Gasteiger partial charge >= 0.3 is 17.9 Å². The monoisotopic (exact) mass is 1280 g/mol. The summed E-state index contributed by atoms with van der Waals surface area (Å²) in [4.78, 5) is 37.7. The third kappa shape index (κ3) is 74.0. The Morgan fingerprint density at radius 1 is 0.341 bits per heavy atom. The van der Waals surface area contributed by atoms with Crippen molar-refractivity contribution in [3.05, 3.63) is 72.9 Å². The van der Waals surface area contributed by atoms with E-state index >= 15 is 0 Å². The zero-order chi connectivity index (χ0) is 66.1. The smallest absolute Gasteiger partial charge is 0.361 e. The van der Waals surface area contributed by atoms with Gasteiger partial charge in [-0.3, -0.25) is 9.59 Å². The van der Waals surface area contributed by atoms with Crippen LogP contribution in [0.2, 0.25) is 0 Å². The molecule has 2 unspecified atom stereocenters. The summed E-state index contributed by atoms with van der Waals surface area (Å²) >= 11 is 0. The summed E-state index contributed by atoms with van der Waals surface area (Å²) in [7, 11) is 5.99. The topological polar surface area (TPSA) is 108 Å². The number of quaternary nitrogens is 1. The van der Waals surface area contributed by atoms with Crippen LogP contribution in [0.15, 0.2) is 72.9 Å². The first-order valence-electron chi connectivity index (χ1n) is 39.1. The Balaban J connectivity index is 3.97. The Hall–Kier alpha value is -3.27. The van der Waals surface area contributed by atoms with E-state index in [1.807, 2.05) is 21.1 Å². The molecule has 1 N–H and O–H groups in total. The maximum absolute atomic E-state index is 13.0. The number of allylic oxidation sites excluding steroid dienone is 12. The van der Waals surface area contributed by atoms with Gasteiger partial charge < -0.3 is 28.5 Å². The van der Waals surface area contributed by atoms with Crippen molar-refractivity contribution in [2.24, 2.45) is 0 Å². The standard InChI is InChI=1S/C82H149NO8/c1-6-8-10-12-14-16-18-20-22-24-26-28-30-32-34-35-36-37-38-39-40-41-42-43-44-45-47-48-50-52-54-56-58-60-62-64-66-68-70-72-79(84)89-76-78(77-90-82(81(86)87)88-75-74-83(3,4)5)91-80(85)73-71-69-67-65-63-61-59-57-55-53-51-49-46-33-31-29-27-25-23-21-19-17-15-13-11-9-7-2/h9,11,15,17,21,23-24,26-27,29,33,46,78,82H,6-8,10,12-14,16,18-20,22,25,28,30-32,34-45,47-77H2,1-5H3/p+1/b11-9-,17-15-,23-21-,26-24-,29-27-,46-33-. The van der Waals surface area contributed by atoms with Gasteiger partial charge in [0.2, 0.25) is 0 Å². The molecule has 91 heavy (non-hydrogen) atoms. The van der Waals surface area contributed by atoms with E-state index in [1.54, 1.807) is 0 Å². The molecule has 0 saturated heterocycles. The van der Waals surface area contributed by atoms with Gasteiger partial charge in [-0.15, -0.1) is 0 Å². The Bertz CT molecular complexity index is 1730. The van der Waals surface area contributed by atoms with E-state index < -0.39 is 24.3 Å². The number of carboxylic acids is 1. The van der Waals surface area contributed by atoms with E-state index in [-0.39, 0.29) is 32.2 Å². The summed E-state index contributed by atoms with van der Waals surface area (Å²) in [5.74, 6) is -1.99. The highest BCUT2D eigenvalue weighted by Crippen LogP contribution is 2.19. The predicted molar refractivity (Wildman–Crippen MR) is 392 cm³/mol. The zero-order valence-electron chi connectivity index (χ0n) is 60.8. The lowest BCUT2D eigenvalue weighted by Gasteiger charge is -2.25. The molecule has 0 aliphatic carbocycles. The number of hydrogen-bond donors (Lipinski definition) is 1. The van der Waals surface area contributed by atoms with Crippen molar-refractivity contribution in [1.29, 1.82) is 0 Å². The van der Waals surface area contributed by atoms with Crippen molar-refractivity contribution in [2.75, 3.05) is 47.5 Å². The molecule has 0 aromatic carbocycles. The molecule has 0 heterocycles. The molecular weight excluding hydrogens is 1130 g/mol. The minimum absolute atomic E-state index is 0.182. The third-order valence-corrected chi connectivity index (χ3v) is 17.4. The molecule has 0 spiro atoms. The van der Waals surface area contributed by atoms with Crippen LogP contribution in [0.3, 0.4) is 0 Å². The van der Waals surface area contributed by atoms with Crippen LogP contribution in [0.5, 0.6) is 0 Å². The van der Waals surface area contributed by atoms with E-state index in [2.05, 4.69) is 86.8 Å². The lowest BCUT2D eigenvalue weighted by atomic mass is 10.0. The number of carbonyl (C=O) groups excluding carboxylic acids is 2. The van der Waals surface area contributed by atoms with Crippen LogP contribution in [-0.2, 0) is 33.3 Å². The average molecular weight is 1280 g/mol. The normalized spacial score (nSPS) is 13.0. The molecule has 9 nitrogen and oxygen atoms in total. The first-order chi connectivity index (χ1) is 44.6. The average Bonchev–Trinajstić information content (AvgIpc) is 3.46. The second-order valence-corrected chi connectivity index (χ2v) is 27.6. The third-order valence-electron chi connectivity index (χ3n) is 17.4. The first kappa shape index (κ1) is 87.7. The molecule has 0 amide bonds. The molecule has 530 valence electrons. The van der Waals surface area contributed by atoms with Crippen LogP contribution in [0, 0.1) is 0 Å². The van der Waals surface area contributed by atoms with Gasteiger partial charge in [0.15, 0.2) is 6.10 Å². The highest BCUT2D eigenvalue weighted by molar-refractivity contribution is 5.71.